The van der Waals surface area contributed by atoms with Gasteiger partial charge in [-0.05, 0) is 20.3 Å². The molecule has 1 rings (SSSR count). The van der Waals surface area contributed by atoms with Gasteiger partial charge >= 0.3 is 6.18 Å². The molecule has 0 aliphatic carbocycles. The van der Waals surface area contributed by atoms with Gasteiger partial charge in [0.05, 0.1) is 19.8 Å². The first kappa shape index (κ1) is 14.7. The minimum atomic E-state index is -4.21. The molecule has 1 saturated heterocycles. The number of rotatable bonds is 5. The maximum Gasteiger partial charge on any atom is 0.401 e. The molecule has 1 aliphatic heterocycles. The van der Waals surface area contributed by atoms with E-state index in [2.05, 4.69) is 0 Å². The van der Waals surface area contributed by atoms with E-state index in [1.807, 2.05) is 0 Å². The molecule has 17 heavy (non-hydrogen) atoms. The van der Waals surface area contributed by atoms with E-state index in [4.69, 9.17) is 4.74 Å². The van der Waals surface area contributed by atoms with Crippen LogP contribution in [0.4, 0.5) is 13.2 Å². The van der Waals surface area contributed by atoms with Crippen LogP contribution >= 0.6 is 0 Å². The number of hydrogen-bond acceptors (Lipinski definition) is 3. The van der Waals surface area contributed by atoms with Gasteiger partial charge in [-0.3, -0.25) is 4.90 Å². The van der Waals surface area contributed by atoms with E-state index < -0.39 is 18.1 Å². The van der Waals surface area contributed by atoms with E-state index in [0.717, 1.165) is 0 Å². The zero-order valence-corrected chi connectivity index (χ0v) is 10.3. The summed E-state index contributed by atoms with van der Waals surface area (Å²) in [6.45, 7) is 3.46. The lowest BCUT2D eigenvalue weighted by Gasteiger charge is -2.35. The highest BCUT2D eigenvalue weighted by atomic mass is 19.4. The first-order valence-corrected chi connectivity index (χ1v) is 5.77. The molecule has 0 aromatic rings. The van der Waals surface area contributed by atoms with Crippen molar-refractivity contribution in [2.24, 2.45) is 5.41 Å². The van der Waals surface area contributed by atoms with Crippen LogP contribution in [0.15, 0.2) is 0 Å². The molecule has 0 amide bonds. The summed E-state index contributed by atoms with van der Waals surface area (Å²) < 4.78 is 42.5. The van der Waals surface area contributed by atoms with Crippen molar-refractivity contribution in [1.29, 1.82) is 0 Å². The fraction of sp³-hybridized carbons (Fsp3) is 1.00. The molecule has 1 aliphatic rings. The molecule has 0 aromatic heterocycles. The zero-order valence-electron chi connectivity index (χ0n) is 10.3. The number of halogens is 3. The lowest BCUT2D eigenvalue weighted by atomic mass is 9.87. The third-order valence-corrected chi connectivity index (χ3v) is 3.17. The van der Waals surface area contributed by atoms with Crippen LogP contribution < -0.4 is 0 Å². The molecular weight excluding hydrogens is 235 g/mol. The van der Waals surface area contributed by atoms with E-state index >= 15 is 0 Å². The van der Waals surface area contributed by atoms with Gasteiger partial charge in [0.1, 0.15) is 0 Å². The zero-order chi connectivity index (χ0) is 13.1. The van der Waals surface area contributed by atoms with Crippen molar-refractivity contribution in [2.75, 3.05) is 32.9 Å². The van der Waals surface area contributed by atoms with Gasteiger partial charge < -0.3 is 9.84 Å². The van der Waals surface area contributed by atoms with Crippen molar-refractivity contribution >= 4 is 0 Å². The Kier molecular flexibility index (Phi) is 4.80. The van der Waals surface area contributed by atoms with Crippen molar-refractivity contribution in [1.82, 2.24) is 4.90 Å². The first-order chi connectivity index (χ1) is 7.78. The van der Waals surface area contributed by atoms with Gasteiger partial charge in [-0.25, -0.2) is 0 Å². The molecular formula is C11H20F3NO2. The van der Waals surface area contributed by atoms with Gasteiger partial charge in [-0.1, -0.05) is 0 Å². The molecule has 6 heteroatoms. The average Bonchev–Trinajstić information content (AvgIpc) is 2.64. The van der Waals surface area contributed by atoms with Gasteiger partial charge in [-0.2, -0.15) is 13.2 Å². The van der Waals surface area contributed by atoms with Gasteiger partial charge in [0, 0.05) is 24.6 Å². The average molecular weight is 255 g/mol. The van der Waals surface area contributed by atoms with E-state index in [9.17, 15) is 18.3 Å². The van der Waals surface area contributed by atoms with E-state index in [1.54, 1.807) is 13.8 Å². The Bertz CT molecular complexity index is 237. The molecule has 1 unspecified atom stereocenters. The minimum Gasteiger partial charge on any atom is -0.396 e. The first-order valence-electron chi connectivity index (χ1n) is 5.77. The van der Waals surface area contributed by atoms with Crippen molar-refractivity contribution in [3.63, 3.8) is 0 Å². The van der Waals surface area contributed by atoms with Crippen molar-refractivity contribution in [3.05, 3.63) is 0 Å². The number of alkyl halides is 3. The van der Waals surface area contributed by atoms with Gasteiger partial charge in [0.25, 0.3) is 0 Å². The third-order valence-electron chi connectivity index (χ3n) is 3.17. The molecule has 102 valence electrons. The summed E-state index contributed by atoms with van der Waals surface area (Å²) in [4.78, 5) is 1.35. The van der Waals surface area contributed by atoms with Crippen LogP contribution in [0, 0.1) is 5.41 Å². The Labute approximate surface area is 99.5 Å². The lowest BCUT2D eigenvalue weighted by Crippen LogP contribution is -2.47. The Morgan fingerprint density at radius 1 is 1.41 bits per heavy atom. The van der Waals surface area contributed by atoms with Crippen LogP contribution in [0.1, 0.15) is 20.3 Å². The highest BCUT2D eigenvalue weighted by Gasteiger charge is 2.40. The number of aliphatic hydroxyl groups excluding tert-OH is 1. The van der Waals surface area contributed by atoms with Crippen molar-refractivity contribution in [3.8, 4) is 0 Å². The number of ether oxygens (including phenoxy) is 1. The van der Waals surface area contributed by atoms with Crippen LogP contribution in [-0.4, -0.2) is 55.1 Å². The van der Waals surface area contributed by atoms with Crippen LogP contribution in [0.5, 0.6) is 0 Å². The van der Waals surface area contributed by atoms with Crippen LogP contribution in [0.3, 0.4) is 0 Å². The maximum atomic E-state index is 12.4. The smallest absolute Gasteiger partial charge is 0.396 e. The minimum absolute atomic E-state index is 0.131. The topological polar surface area (TPSA) is 32.7 Å². The summed E-state index contributed by atoms with van der Waals surface area (Å²) in [5.41, 5.74) is -0.532. The van der Waals surface area contributed by atoms with Gasteiger partial charge in [-0.15, -0.1) is 0 Å². The molecule has 0 bridgehead atoms. The Balaban J connectivity index is 2.65. The Morgan fingerprint density at radius 2 is 2.06 bits per heavy atom. The summed E-state index contributed by atoms with van der Waals surface area (Å²) in [5, 5.41) is 9.36. The monoisotopic (exact) mass is 255 g/mol. The summed E-state index contributed by atoms with van der Waals surface area (Å²) in [7, 11) is 0. The fourth-order valence-electron chi connectivity index (χ4n) is 2.03. The summed E-state index contributed by atoms with van der Waals surface area (Å²) in [6, 6.07) is -0.208. The molecule has 3 nitrogen and oxygen atoms in total. The fourth-order valence-corrected chi connectivity index (χ4v) is 2.03. The number of nitrogens with zero attached hydrogens (tertiary/aromatic N) is 1. The predicted octanol–water partition coefficient (Wildman–Crippen LogP) is 1.66. The standard InChI is InChI=1S/C11H20F3NO2/c1-9(2)15(6-11(12,13)14)5-10(7-16)3-4-17-8-10/h9,16H,3-8H2,1-2H3. The summed E-state index contributed by atoms with van der Waals surface area (Å²) in [6.07, 6.45) is -3.59. The molecule has 1 heterocycles. The molecule has 0 saturated carbocycles. The maximum absolute atomic E-state index is 12.4. The van der Waals surface area contributed by atoms with Crippen molar-refractivity contribution < 1.29 is 23.0 Å². The highest BCUT2D eigenvalue weighted by molar-refractivity contribution is 4.87. The van der Waals surface area contributed by atoms with E-state index in [0.29, 0.717) is 19.6 Å². The number of aliphatic hydroxyl groups is 1. The molecule has 0 aromatic carbocycles. The second-order valence-corrected chi connectivity index (χ2v) is 5.07. The van der Waals surface area contributed by atoms with E-state index in [1.165, 1.54) is 4.90 Å². The van der Waals surface area contributed by atoms with Gasteiger partial charge in [0.15, 0.2) is 0 Å². The quantitative estimate of drug-likeness (QED) is 0.811. The molecule has 1 N–H and O–H groups in total. The summed E-state index contributed by atoms with van der Waals surface area (Å²) >= 11 is 0. The molecule has 0 spiro atoms. The predicted molar refractivity (Wildman–Crippen MR) is 57.7 cm³/mol. The Hall–Kier alpha value is -0.330. The lowest BCUT2D eigenvalue weighted by molar-refractivity contribution is -0.154. The van der Waals surface area contributed by atoms with Crippen LogP contribution in [0.25, 0.3) is 0 Å². The molecule has 1 atom stereocenters. The highest BCUT2D eigenvalue weighted by Crippen LogP contribution is 2.31. The molecule has 1 fully saturated rings. The SMILES string of the molecule is CC(C)N(CC(F)(F)F)CC1(CO)CCOC1. The van der Waals surface area contributed by atoms with Crippen molar-refractivity contribution in [2.45, 2.75) is 32.5 Å². The third kappa shape index (κ3) is 4.44. The summed E-state index contributed by atoms with van der Waals surface area (Å²) in [5.74, 6) is 0. The Morgan fingerprint density at radius 3 is 2.41 bits per heavy atom. The normalized spacial score (nSPS) is 26.1. The van der Waals surface area contributed by atoms with Crippen LogP contribution in [0.2, 0.25) is 0 Å². The van der Waals surface area contributed by atoms with E-state index in [-0.39, 0.29) is 19.2 Å². The van der Waals surface area contributed by atoms with Gasteiger partial charge in [0.2, 0.25) is 0 Å². The second kappa shape index (κ2) is 5.54. The number of hydrogen-bond donors (Lipinski definition) is 1. The van der Waals surface area contributed by atoms with Crippen LogP contribution in [-0.2, 0) is 4.74 Å². The second-order valence-electron chi connectivity index (χ2n) is 5.07. The molecule has 0 radical (unpaired) electrons. The largest absolute Gasteiger partial charge is 0.401 e.